The number of benzene rings is 1. The summed E-state index contributed by atoms with van der Waals surface area (Å²) in [5.74, 6) is 0.765. The summed E-state index contributed by atoms with van der Waals surface area (Å²) in [5, 5.41) is 3.45. The molecule has 6 nitrogen and oxygen atoms in total. The second kappa shape index (κ2) is 9.65. The minimum absolute atomic E-state index is 0.00125. The van der Waals surface area contributed by atoms with Crippen LogP contribution in [0.15, 0.2) is 48.8 Å². The average molecular weight is 392 g/mol. The largest absolute Gasteiger partial charge is 0.367 e. The van der Waals surface area contributed by atoms with Crippen molar-refractivity contribution in [2.75, 3.05) is 38.0 Å². The number of amides is 1. The van der Waals surface area contributed by atoms with Crippen LogP contribution in [0.1, 0.15) is 41.7 Å². The molecule has 2 aliphatic rings. The average Bonchev–Trinajstić information content (AvgIpc) is 3.28. The van der Waals surface area contributed by atoms with Crippen LogP contribution in [0.4, 0.5) is 5.82 Å². The number of carbonyl (C=O) groups excluding carboxylic acids is 1. The molecule has 1 aliphatic carbocycles. The minimum Gasteiger partial charge on any atom is -0.367 e. The predicted octanol–water partition coefficient (Wildman–Crippen LogP) is 3.30. The molecule has 0 atom stereocenters. The lowest BCUT2D eigenvalue weighted by molar-refractivity contribution is 0.0644. The number of hydrogen-bond donors (Lipinski definition) is 1. The summed E-state index contributed by atoms with van der Waals surface area (Å²) < 4.78 is 0. The Labute approximate surface area is 172 Å². The molecule has 6 heteroatoms. The zero-order valence-corrected chi connectivity index (χ0v) is 16.8. The van der Waals surface area contributed by atoms with Crippen molar-refractivity contribution in [3.63, 3.8) is 0 Å². The molecule has 0 spiro atoms. The summed E-state index contributed by atoms with van der Waals surface area (Å²) in [6.45, 7) is 4.12. The van der Waals surface area contributed by atoms with E-state index in [4.69, 9.17) is 0 Å². The molecule has 1 amide bonds. The molecule has 152 valence electrons. The fourth-order valence-corrected chi connectivity index (χ4v) is 4.03. The Morgan fingerprint density at radius 2 is 1.83 bits per heavy atom. The number of nitrogens with one attached hydrogen (secondary N) is 1. The van der Waals surface area contributed by atoms with Crippen LogP contribution in [0.25, 0.3) is 6.08 Å². The fourth-order valence-electron chi connectivity index (χ4n) is 4.03. The van der Waals surface area contributed by atoms with Gasteiger partial charge in [-0.1, -0.05) is 55.3 Å². The first-order valence-corrected chi connectivity index (χ1v) is 10.6. The van der Waals surface area contributed by atoms with Crippen molar-refractivity contribution in [1.29, 1.82) is 0 Å². The summed E-state index contributed by atoms with van der Waals surface area (Å²) in [6.07, 6.45) is 10.7. The standard InChI is InChI=1S/C23H29N5O/c29-23(21-17-22(25-18-24-21)26-20-10-4-5-11-20)28-15-13-27(14-16-28)12-6-9-19-7-2-1-3-8-19/h1-3,6-9,17-18,20H,4-5,10-16H2,(H,24,25,26)/b9-6+. The van der Waals surface area contributed by atoms with Crippen molar-refractivity contribution in [3.8, 4) is 0 Å². The van der Waals surface area contributed by atoms with Gasteiger partial charge in [-0.15, -0.1) is 0 Å². The van der Waals surface area contributed by atoms with Gasteiger partial charge in [0.1, 0.15) is 17.8 Å². The Morgan fingerprint density at radius 1 is 1.07 bits per heavy atom. The van der Waals surface area contributed by atoms with E-state index in [0.29, 0.717) is 11.7 Å². The number of aromatic nitrogens is 2. The van der Waals surface area contributed by atoms with E-state index >= 15 is 0 Å². The maximum Gasteiger partial charge on any atom is 0.272 e. The molecular formula is C23H29N5O. The quantitative estimate of drug-likeness (QED) is 0.819. The van der Waals surface area contributed by atoms with Crippen LogP contribution < -0.4 is 5.32 Å². The summed E-state index contributed by atoms with van der Waals surface area (Å²) in [5.41, 5.74) is 1.70. The smallest absolute Gasteiger partial charge is 0.272 e. The Kier molecular flexibility index (Phi) is 6.52. The van der Waals surface area contributed by atoms with Crippen molar-refractivity contribution in [2.45, 2.75) is 31.7 Å². The maximum atomic E-state index is 12.9. The van der Waals surface area contributed by atoms with Crippen molar-refractivity contribution in [2.24, 2.45) is 0 Å². The minimum atomic E-state index is 0.00125. The third-order valence-corrected chi connectivity index (χ3v) is 5.73. The van der Waals surface area contributed by atoms with E-state index in [9.17, 15) is 4.79 Å². The molecule has 2 heterocycles. The second-order valence-electron chi connectivity index (χ2n) is 7.82. The molecule has 1 saturated heterocycles. The molecule has 0 radical (unpaired) electrons. The zero-order chi connectivity index (χ0) is 19.9. The van der Waals surface area contributed by atoms with E-state index in [2.05, 4.69) is 44.5 Å². The van der Waals surface area contributed by atoms with Crippen molar-refractivity contribution in [1.82, 2.24) is 19.8 Å². The monoisotopic (exact) mass is 391 g/mol. The van der Waals surface area contributed by atoms with Crippen LogP contribution in [0, 0.1) is 0 Å². The number of hydrogen-bond acceptors (Lipinski definition) is 5. The van der Waals surface area contributed by atoms with Crippen LogP contribution in [0.3, 0.4) is 0 Å². The van der Waals surface area contributed by atoms with E-state index in [1.165, 1.54) is 37.6 Å². The van der Waals surface area contributed by atoms with Crippen LogP contribution in [-0.4, -0.2) is 64.4 Å². The Hall–Kier alpha value is -2.73. The van der Waals surface area contributed by atoms with Gasteiger partial charge in [-0.2, -0.15) is 0 Å². The summed E-state index contributed by atoms with van der Waals surface area (Å²) >= 11 is 0. The molecule has 0 unspecified atom stereocenters. The molecule has 1 aromatic carbocycles. The molecule has 2 fully saturated rings. The highest BCUT2D eigenvalue weighted by molar-refractivity contribution is 5.93. The van der Waals surface area contributed by atoms with Gasteiger partial charge < -0.3 is 10.2 Å². The first-order valence-electron chi connectivity index (χ1n) is 10.6. The summed E-state index contributed by atoms with van der Waals surface area (Å²) in [4.78, 5) is 25.7. The van der Waals surface area contributed by atoms with Crippen LogP contribution in [0.5, 0.6) is 0 Å². The molecule has 0 bridgehead atoms. The van der Waals surface area contributed by atoms with Gasteiger partial charge in [0.2, 0.25) is 0 Å². The third-order valence-electron chi connectivity index (χ3n) is 5.73. The fraction of sp³-hybridized carbons (Fsp3) is 0.435. The van der Waals surface area contributed by atoms with Crippen molar-refractivity contribution < 1.29 is 4.79 Å². The molecule has 2 aromatic rings. The zero-order valence-electron chi connectivity index (χ0n) is 16.8. The van der Waals surface area contributed by atoms with Crippen LogP contribution in [-0.2, 0) is 0 Å². The predicted molar refractivity (Wildman–Crippen MR) is 116 cm³/mol. The van der Waals surface area contributed by atoms with E-state index in [-0.39, 0.29) is 5.91 Å². The molecule has 1 aliphatic heterocycles. The van der Waals surface area contributed by atoms with E-state index in [1.54, 1.807) is 6.07 Å². The Balaban J connectivity index is 1.27. The second-order valence-corrected chi connectivity index (χ2v) is 7.82. The lowest BCUT2D eigenvalue weighted by Crippen LogP contribution is -2.48. The number of piperazine rings is 1. The van der Waals surface area contributed by atoms with Gasteiger partial charge in [0.25, 0.3) is 5.91 Å². The lowest BCUT2D eigenvalue weighted by atomic mass is 10.2. The molecule has 1 N–H and O–H groups in total. The lowest BCUT2D eigenvalue weighted by Gasteiger charge is -2.34. The van der Waals surface area contributed by atoms with Crippen LogP contribution in [0.2, 0.25) is 0 Å². The van der Waals surface area contributed by atoms with Gasteiger partial charge in [-0.25, -0.2) is 9.97 Å². The van der Waals surface area contributed by atoms with Gasteiger partial charge in [-0.3, -0.25) is 9.69 Å². The number of rotatable bonds is 6. The Bertz CT molecular complexity index is 824. The highest BCUT2D eigenvalue weighted by atomic mass is 16.2. The topological polar surface area (TPSA) is 61.4 Å². The van der Waals surface area contributed by atoms with E-state index in [1.807, 2.05) is 23.1 Å². The summed E-state index contributed by atoms with van der Waals surface area (Å²) in [7, 11) is 0. The number of carbonyl (C=O) groups is 1. The normalized spacial score (nSPS) is 18.4. The molecule has 4 rings (SSSR count). The molecular weight excluding hydrogens is 362 g/mol. The van der Waals surface area contributed by atoms with Gasteiger partial charge >= 0.3 is 0 Å². The van der Waals surface area contributed by atoms with Gasteiger partial charge in [0.05, 0.1) is 0 Å². The molecule has 1 aromatic heterocycles. The maximum absolute atomic E-state index is 12.9. The van der Waals surface area contributed by atoms with Crippen molar-refractivity contribution in [3.05, 3.63) is 60.1 Å². The SMILES string of the molecule is O=C(c1cc(NC2CCCC2)ncn1)N1CCN(C/C=C/c2ccccc2)CC1. The highest BCUT2D eigenvalue weighted by Gasteiger charge is 2.23. The first-order chi connectivity index (χ1) is 14.3. The van der Waals surface area contributed by atoms with Gasteiger partial charge in [-0.05, 0) is 18.4 Å². The number of anilines is 1. The molecule has 1 saturated carbocycles. The van der Waals surface area contributed by atoms with Gasteiger partial charge in [0, 0.05) is 44.8 Å². The first kappa shape index (κ1) is 19.6. The van der Waals surface area contributed by atoms with Crippen LogP contribution >= 0.6 is 0 Å². The number of nitrogens with zero attached hydrogens (tertiary/aromatic N) is 4. The summed E-state index contributed by atoms with van der Waals surface area (Å²) in [6, 6.07) is 12.6. The highest BCUT2D eigenvalue weighted by Crippen LogP contribution is 2.21. The van der Waals surface area contributed by atoms with Crippen molar-refractivity contribution >= 4 is 17.8 Å². The molecule has 29 heavy (non-hydrogen) atoms. The Morgan fingerprint density at radius 3 is 2.59 bits per heavy atom. The van der Waals surface area contributed by atoms with E-state index in [0.717, 1.165) is 38.5 Å². The van der Waals surface area contributed by atoms with Gasteiger partial charge in [0.15, 0.2) is 0 Å². The van der Waals surface area contributed by atoms with E-state index < -0.39 is 0 Å². The third kappa shape index (κ3) is 5.41.